The van der Waals surface area contributed by atoms with Crippen molar-refractivity contribution in [2.24, 2.45) is 5.92 Å². The van der Waals surface area contributed by atoms with Crippen LogP contribution in [0.1, 0.15) is 19.8 Å². The highest BCUT2D eigenvalue weighted by Crippen LogP contribution is 2.10. The minimum absolute atomic E-state index is 0.614. The zero-order chi connectivity index (χ0) is 11.6. The molecule has 0 saturated carbocycles. The van der Waals surface area contributed by atoms with Gasteiger partial charge >= 0.3 is 0 Å². The predicted molar refractivity (Wildman–Crippen MR) is 68.6 cm³/mol. The number of thiocarbonyl (C=S) groups is 1. The van der Waals surface area contributed by atoms with Gasteiger partial charge in [-0.05, 0) is 32.0 Å². The minimum Gasteiger partial charge on any atom is -0.382 e. The molecule has 1 atom stereocenters. The van der Waals surface area contributed by atoms with Crippen LogP contribution >= 0.6 is 12.2 Å². The SMILES string of the molecule is CCOCCCNC(=S)NCC1CCOC1. The largest absolute Gasteiger partial charge is 0.382 e. The Kier molecular flexibility index (Phi) is 7.46. The van der Waals surface area contributed by atoms with Crippen LogP contribution in [0.2, 0.25) is 0 Å². The molecule has 0 aromatic heterocycles. The first-order valence-electron chi connectivity index (χ1n) is 6.00. The van der Waals surface area contributed by atoms with E-state index in [0.29, 0.717) is 5.92 Å². The molecular weight excluding hydrogens is 224 g/mol. The van der Waals surface area contributed by atoms with Crippen molar-refractivity contribution in [2.75, 3.05) is 39.5 Å². The van der Waals surface area contributed by atoms with E-state index < -0.39 is 0 Å². The summed E-state index contributed by atoms with van der Waals surface area (Å²) >= 11 is 5.16. The second kappa shape index (κ2) is 8.73. The molecule has 0 aromatic rings. The summed E-state index contributed by atoms with van der Waals surface area (Å²) < 4.78 is 10.5. The summed E-state index contributed by atoms with van der Waals surface area (Å²) in [5.41, 5.74) is 0. The Morgan fingerprint density at radius 1 is 1.50 bits per heavy atom. The van der Waals surface area contributed by atoms with Crippen molar-refractivity contribution < 1.29 is 9.47 Å². The molecule has 0 bridgehead atoms. The molecule has 1 saturated heterocycles. The van der Waals surface area contributed by atoms with Crippen LogP contribution < -0.4 is 10.6 Å². The van der Waals surface area contributed by atoms with Gasteiger partial charge in [-0.25, -0.2) is 0 Å². The van der Waals surface area contributed by atoms with Gasteiger partial charge in [0.15, 0.2) is 5.11 Å². The van der Waals surface area contributed by atoms with Crippen molar-refractivity contribution in [3.63, 3.8) is 0 Å². The van der Waals surface area contributed by atoms with Crippen molar-refractivity contribution >= 4 is 17.3 Å². The molecular formula is C11H22N2O2S. The van der Waals surface area contributed by atoms with E-state index in [0.717, 1.165) is 57.5 Å². The maximum atomic E-state index is 5.29. The van der Waals surface area contributed by atoms with Crippen LogP contribution in [-0.2, 0) is 9.47 Å². The molecule has 1 unspecified atom stereocenters. The molecule has 0 radical (unpaired) electrons. The standard InChI is InChI=1S/C11H22N2O2S/c1-2-14-6-3-5-12-11(16)13-8-10-4-7-15-9-10/h10H,2-9H2,1H3,(H2,12,13,16). The Morgan fingerprint density at radius 2 is 2.38 bits per heavy atom. The fraction of sp³-hybridized carbons (Fsp3) is 0.909. The number of nitrogens with one attached hydrogen (secondary N) is 2. The van der Waals surface area contributed by atoms with Gasteiger partial charge in [0, 0.05) is 38.8 Å². The second-order valence-corrected chi connectivity index (χ2v) is 4.33. The van der Waals surface area contributed by atoms with Crippen LogP contribution in [0.15, 0.2) is 0 Å². The van der Waals surface area contributed by atoms with Crippen LogP contribution in [0.5, 0.6) is 0 Å². The molecule has 2 N–H and O–H groups in total. The van der Waals surface area contributed by atoms with E-state index in [1.807, 2.05) is 6.92 Å². The van der Waals surface area contributed by atoms with Gasteiger partial charge in [-0.2, -0.15) is 0 Å². The zero-order valence-electron chi connectivity index (χ0n) is 9.96. The highest BCUT2D eigenvalue weighted by atomic mass is 32.1. The maximum Gasteiger partial charge on any atom is 0.166 e. The average Bonchev–Trinajstić information content (AvgIpc) is 2.79. The first-order valence-corrected chi connectivity index (χ1v) is 6.41. The Morgan fingerprint density at radius 3 is 3.06 bits per heavy atom. The molecule has 1 aliphatic heterocycles. The van der Waals surface area contributed by atoms with Crippen molar-refractivity contribution in [1.29, 1.82) is 0 Å². The fourth-order valence-electron chi connectivity index (χ4n) is 1.56. The second-order valence-electron chi connectivity index (χ2n) is 3.92. The van der Waals surface area contributed by atoms with Crippen molar-refractivity contribution in [1.82, 2.24) is 10.6 Å². The summed E-state index contributed by atoms with van der Waals surface area (Å²) in [6, 6.07) is 0. The van der Waals surface area contributed by atoms with E-state index in [1.165, 1.54) is 0 Å². The molecule has 0 aromatic carbocycles. The van der Waals surface area contributed by atoms with Crippen LogP contribution in [0.4, 0.5) is 0 Å². The van der Waals surface area contributed by atoms with Gasteiger partial charge in [-0.1, -0.05) is 0 Å². The monoisotopic (exact) mass is 246 g/mol. The Balaban J connectivity index is 1.90. The van der Waals surface area contributed by atoms with E-state index in [-0.39, 0.29) is 0 Å². The fourth-order valence-corrected chi connectivity index (χ4v) is 1.75. The maximum absolute atomic E-state index is 5.29. The minimum atomic E-state index is 0.614. The lowest BCUT2D eigenvalue weighted by Crippen LogP contribution is -2.38. The summed E-state index contributed by atoms with van der Waals surface area (Å²) in [6.45, 7) is 7.11. The van der Waals surface area contributed by atoms with Gasteiger partial charge in [0.1, 0.15) is 0 Å². The molecule has 1 heterocycles. The molecule has 0 spiro atoms. The lowest BCUT2D eigenvalue weighted by atomic mass is 10.1. The third-order valence-corrected chi connectivity index (χ3v) is 2.82. The lowest BCUT2D eigenvalue weighted by Gasteiger charge is -2.13. The molecule has 1 fully saturated rings. The summed E-state index contributed by atoms with van der Waals surface area (Å²) in [7, 11) is 0. The molecule has 5 heteroatoms. The molecule has 0 aliphatic carbocycles. The van der Waals surface area contributed by atoms with Crippen LogP contribution in [0.3, 0.4) is 0 Å². The van der Waals surface area contributed by atoms with E-state index in [4.69, 9.17) is 21.7 Å². The smallest absolute Gasteiger partial charge is 0.166 e. The average molecular weight is 246 g/mol. The molecule has 1 aliphatic rings. The normalized spacial score (nSPS) is 19.7. The van der Waals surface area contributed by atoms with Crippen molar-refractivity contribution in [3.05, 3.63) is 0 Å². The number of hydrogen-bond acceptors (Lipinski definition) is 3. The Hall–Kier alpha value is -0.390. The first kappa shape index (κ1) is 13.7. The summed E-state index contributed by atoms with van der Waals surface area (Å²) in [5.74, 6) is 0.614. The van der Waals surface area contributed by atoms with E-state index in [1.54, 1.807) is 0 Å². The quantitative estimate of drug-likeness (QED) is 0.516. The summed E-state index contributed by atoms with van der Waals surface area (Å²) in [4.78, 5) is 0. The molecule has 94 valence electrons. The molecule has 4 nitrogen and oxygen atoms in total. The number of ether oxygens (including phenoxy) is 2. The third-order valence-electron chi connectivity index (χ3n) is 2.53. The molecule has 0 amide bonds. The summed E-state index contributed by atoms with van der Waals surface area (Å²) in [5, 5.41) is 7.12. The van der Waals surface area contributed by atoms with Gasteiger partial charge in [-0.15, -0.1) is 0 Å². The number of rotatable bonds is 7. The van der Waals surface area contributed by atoms with E-state index in [9.17, 15) is 0 Å². The topological polar surface area (TPSA) is 42.5 Å². The van der Waals surface area contributed by atoms with Gasteiger partial charge in [0.05, 0.1) is 6.61 Å². The van der Waals surface area contributed by atoms with Gasteiger partial charge < -0.3 is 20.1 Å². The van der Waals surface area contributed by atoms with Crippen molar-refractivity contribution in [2.45, 2.75) is 19.8 Å². The highest BCUT2D eigenvalue weighted by molar-refractivity contribution is 7.80. The third kappa shape index (κ3) is 6.25. The van der Waals surface area contributed by atoms with E-state index in [2.05, 4.69) is 10.6 Å². The lowest BCUT2D eigenvalue weighted by molar-refractivity contribution is 0.145. The number of hydrogen-bond donors (Lipinski definition) is 2. The molecule has 1 rings (SSSR count). The van der Waals surface area contributed by atoms with Gasteiger partial charge in [0.25, 0.3) is 0 Å². The van der Waals surface area contributed by atoms with Gasteiger partial charge in [0.2, 0.25) is 0 Å². The van der Waals surface area contributed by atoms with Gasteiger partial charge in [-0.3, -0.25) is 0 Å². The van der Waals surface area contributed by atoms with Crippen molar-refractivity contribution in [3.8, 4) is 0 Å². The Bertz CT molecular complexity index is 196. The highest BCUT2D eigenvalue weighted by Gasteiger charge is 2.15. The van der Waals surface area contributed by atoms with E-state index >= 15 is 0 Å². The summed E-state index contributed by atoms with van der Waals surface area (Å²) in [6.07, 6.45) is 2.13. The van der Waals surface area contributed by atoms with Crippen LogP contribution in [0.25, 0.3) is 0 Å². The van der Waals surface area contributed by atoms with Crippen LogP contribution in [0, 0.1) is 5.92 Å². The van der Waals surface area contributed by atoms with Crippen LogP contribution in [-0.4, -0.2) is 44.6 Å². The first-order chi connectivity index (χ1) is 7.83. The molecule has 16 heavy (non-hydrogen) atoms. The Labute approximate surface area is 103 Å². The zero-order valence-corrected chi connectivity index (χ0v) is 10.8. The predicted octanol–water partition coefficient (Wildman–Crippen LogP) is 0.914.